The molecule has 0 rings (SSSR count). The van der Waals surface area contributed by atoms with Crippen molar-refractivity contribution in [3.8, 4) is 0 Å². The lowest BCUT2D eigenvalue weighted by molar-refractivity contribution is 0.462. The van der Waals surface area contributed by atoms with E-state index in [2.05, 4.69) is 20.4 Å². The van der Waals surface area contributed by atoms with Gasteiger partial charge in [0.05, 0.1) is 0 Å². The van der Waals surface area contributed by atoms with Gasteiger partial charge in [-0.1, -0.05) is 45.6 Å². The van der Waals surface area contributed by atoms with Crippen LogP contribution in [-0.2, 0) is 0 Å². The van der Waals surface area contributed by atoms with E-state index in [9.17, 15) is 0 Å². The molecule has 0 spiro atoms. The van der Waals surface area contributed by atoms with Crippen LogP contribution in [0.25, 0.3) is 0 Å². The Kier molecular flexibility index (Phi) is 7.66. The molecule has 0 aromatic carbocycles. The number of hydrogen-bond donors (Lipinski definition) is 0. The summed E-state index contributed by atoms with van der Waals surface area (Å²) >= 11 is 0. The smallest absolute Gasteiger partial charge is 0.0353 e. The highest BCUT2D eigenvalue weighted by Gasteiger charge is 1.98. The van der Waals surface area contributed by atoms with Crippen LogP contribution in [0.1, 0.15) is 52.4 Å². The van der Waals surface area contributed by atoms with Crippen molar-refractivity contribution in [1.82, 2.24) is 0 Å². The second-order valence-electron chi connectivity index (χ2n) is 3.47. The van der Waals surface area contributed by atoms with E-state index in [4.69, 9.17) is 0 Å². The number of hydrogen-bond acceptors (Lipinski definition) is 0. The van der Waals surface area contributed by atoms with E-state index in [0.717, 1.165) is 5.92 Å². The third-order valence-corrected chi connectivity index (χ3v) is 2.14. The summed E-state index contributed by atoms with van der Waals surface area (Å²) in [5.74, 6) is 0.935. The summed E-state index contributed by atoms with van der Waals surface area (Å²) in [6.45, 7) is 8.34. The molecule has 0 bridgehead atoms. The molecule has 0 nitrogen and oxygen atoms in total. The molecule has 0 heteroatoms. The molecule has 0 radical (unpaired) electrons. The van der Waals surface area contributed by atoms with Crippen molar-refractivity contribution in [2.75, 3.05) is 0 Å². The highest BCUT2D eigenvalue weighted by atomic mass is 14.0. The molecule has 0 saturated heterocycles. The fraction of sp³-hybridized carbons (Fsp3) is 0.818. The number of allylic oxidation sites excluding steroid dienone is 1. The van der Waals surface area contributed by atoms with Crippen LogP contribution in [0.3, 0.4) is 0 Å². The lowest BCUT2D eigenvalue weighted by atomic mass is 9.99. The molecule has 0 heterocycles. The third kappa shape index (κ3) is 7.64. The summed E-state index contributed by atoms with van der Waals surface area (Å²) in [7, 11) is 0. The zero-order valence-electron chi connectivity index (χ0n) is 8.10. The molecule has 0 amide bonds. The minimum atomic E-state index is 0.935. The van der Waals surface area contributed by atoms with Crippen molar-refractivity contribution in [1.29, 1.82) is 0 Å². The van der Waals surface area contributed by atoms with Gasteiger partial charge in [-0.2, -0.15) is 0 Å². The van der Waals surface area contributed by atoms with Crippen LogP contribution in [-0.4, -0.2) is 0 Å². The summed E-state index contributed by atoms with van der Waals surface area (Å²) in [6.07, 6.45) is 10.1. The van der Waals surface area contributed by atoms with Gasteiger partial charge in [0, 0.05) is 0 Å². The minimum absolute atomic E-state index is 0.935. The van der Waals surface area contributed by atoms with Gasteiger partial charge in [0.2, 0.25) is 0 Å². The van der Waals surface area contributed by atoms with Crippen molar-refractivity contribution < 1.29 is 0 Å². The van der Waals surface area contributed by atoms with Crippen molar-refractivity contribution in [3.05, 3.63) is 12.7 Å². The summed E-state index contributed by atoms with van der Waals surface area (Å²) in [5, 5.41) is 0. The zero-order valence-corrected chi connectivity index (χ0v) is 8.10. The molecule has 0 aliphatic heterocycles. The van der Waals surface area contributed by atoms with Crippen LogP contribution >= 0.6 is 0 Å². The lowest BCUT2D eigenvalue weighted by Gasteiger charge is -2.07. The minimum Gasteiger partial charge on any atom is -0.103 e. The zero-order chi connectivity index (χ0) is 8.53. The molecule has 11 heavy (non-hydrogen) atoms. The standard InChI is InChI=1S/C11H22/c1-4-6-7-8-10-11(3)9-5-2/h4,11H,1,5-10H2,2-3H3. The van der Waals surface area contributed by atoms with Crippen LogP contribution in [0.15, 0.2) is 12.7 Å². The lowest BCUT2D eigenvalue weighted by Crippen LogP contribution is -1.92. The fourth-order valence-electron chi connectivity index (χ4n) is 1.42. The largest absolute Gasteiger partial charge is 0.103 e. The van der Waals surface area contributed by atoms with E-state index in [1.807, 2.05) is 6.08 Å². The monoisotopic (exact) mass is 154 g/mol. The molecule has 0 aliphatic carbocycles. The Morgan fingerprint density at radius 2 is 2.00 bits per heavy atom. The first-order chi connectivity index (χ1) is 5.31. The van der Waals surface area contributed by atoms with Gasteiger partial charge in [-0.25, -0.2) is 0 Å². The van der Waals surface area contributed by atoms with E-state index in [1.165, 1.54) is 38.5 Å². The van der Waals surface area contributed by atoms with Crippen LogP contribution in [0.5, 0.6) is 0 Å². The van der Waals surface area contributed by atoms with E-state index < -0.39 is 0 Å². The van der Waals surface area contributed by atoms with Gasteiger partial charge < -0.3 is 0 Å². The predicted molar refractivity (Wildman–Crippen MR) is 52.7 cm³/mol. The second-order valence-corrected chi connectivity index (χ2v) is 3.47. The molecule has 0 aromatic heterocycles. The Bertz CT molecular complexity index is 84.0. The Morgan fingerprint density at radius 3 is 2.55 bits per heavy atom. The van der Waals surface area contributed by atoms with Crippen LogP contribution in [0.2, 0.25) is 0 Å². The molecule has 1 atom stereocenters. The van der Waals surface area contributed by atoms with Gasteiger partial charge in [0.25, 0.3) is 0 Å². The quantitative estimate of drug-likeness (QED) is 0.381. The molecule has 0 aromatic rings. The Morgan fingerprint density at radius 1 is 1.27 bits per heavy atom. The number of unbranched alkanes of at least 4 members (excludes halogenated alkanes) is 2. The molecular weight excluding hydrogens is 132 g/mol. The Balaban J connectivity index is 3.03. The van der Waals surface area contributed by atoms with Crippen molar-refractivity contribution in [3.63, 3.8) is 0 Å². The van der Waals surface area contributed by atoms with Crippen molar-refractivity contribution >= 4 is 0 Å². The van der Waals surface area contributed by atoms with Gasteiger partial charge in [-0.15, -0.1) is 6.58 Å². The van der Waals surface area contributed by atoms with Gasteiger partial charge in [0.1, 0.15) is 0 Å². The molecule has 0 saturated carbocycles. The Labute approximate surface area is 71.7 Å². The molecule has 66 valence electrons. The molecule has 0 fully saturated rings. The first kappa shape index (κ1) is 10.7. The number of rotatable bonds is 7. The van der Waals surface area contributed by atoms with Gasteiger partial charge in [0.15, 0.2) is 0 Å². The van der Waals surface area contributed by atoms with Gasteiger partial charge in [-0.3, -0.25) is 0 Å². The Hall–Kier alpha value is -0.260. The van der Waals surface area contributed by atoms with E-state index >= 15 is 0 Å². The molecule has 0 N–H and O–H groups in total. The average molecular weight is 154 g/mol. The summed E-state index contributed by atoms with van der Waals surface area (Å²) in [5.41, 5.74) is 0. The molecule has 1 unspecified atom stereocenters. The maximum atomic E-state index is 3.71. The highest BCUT2D eigenvalue weighted by Crippen LogP contribution is 2.14. The highest BCUT2D eigenvalue weighted by molar-refractivity contribution is 4.65. The van der Waals surface area contributed by atoms with E-state index in [-0.39, 0.29) is 0 Å². The predicted octanol–water partition coefficient (Wildman–Crippen LogP) is 4.17. The summed E-state index contributed by atoms with van der Waals surface area (Å²) in [6, 6.07) is 0. The maximum absolute atomic E-state index is 3.71. The topological polar surface area (TPSA) is 0 Å². The van der Waals surface area contributed by atoms with Crippen molar-refractivity contribution in [2.24, 2.45) is 5.92 Å². The van der Waals surface area contributed by atoms with Crippen LogP contribution in [0.4, 0.5) is 0 Å². The third-order valence-electron chi connectivity index (χ3n) is 2.14. The van der Waals surface area contributed by atoms with Gasteiger partial charge in [-0.05, 0) is 18.8 Å². The molecular formula is C11H22. The molecule has 0 aliphatic rings. The fourth-order valence-corrected chi connectivity index (χ4v) is 1.42. The first-order valence-corrected chi connectivity index (χ1v) is 4.92. The van der Waals surface area contributed by atoms with E-state index in [0.29, 0.717) is 0 Å². The van der Waals surface area contributed by atoms with Gasteiger partial charge >= 0.3 is 0 Å². The summed E-state index contributed by atoms with van der Waals surface area (Å²) in [4.78, 5) is 0. The summed E-state index contributed by atoms with van der Waals surface area (Å²) < 4.78 is 0. The second kappa shape index (κ2) is 7.84. The first-order valence-electron chi connectivity index (χ1n) is 4.92. The maximum Gasteiger partial charge on any atom is -0.0353 e. The van der Waals surface area contributed by atoms with Crippen molar-refractivity contribution in [2.45, 2.75) is 52.4 Å². The average Bonchev–Trinajstić information content (AvgIpc) is 1.99. The van der Waals surface area contributed by atoms with Crippen LogP contribution < -0.4 is 0 Å². The normalized spacial score (nSPS) is 12.9. The van der Waals surface area contributed by atoms with Crippen LogP contribution in [0, 0.1) is 5.92 Å². The van der Waals surface area contributed by atoms with E-state index in [1.54, 1.807) is 0 Å². The SMILES string of the molecule is C=CCCCCC(C)CCC.